The molecule has 0 aliphatic carbocycles. The van der Waals surface area contributed by atoms with E-state index in [1.54, 1.807) is 7.11 Å². The predicted octanol–water partition coefficient (Wildman–Crippen LogP) is 3.60. The maximum atomic E-state index is 6.36. The molecule has 1 aromatic rings. The Bertz CT molecular complexity index is 608. The van der Waals surface area contributed by atoms with Gasteiger partial charge < -0.3 is 19.7 Å². The third kappa shape index (κ3) is 2.28. The quantitative estimate of drug-likeness (QED) is 0.804. The molecule has 2 bridgehead atoms. The lowest BCUT2D eigenvalue weighted by atomic mass is 9.89. The molecule has 2 aliphatic rings. The molecule has 2 unspecified atom stereocenters. The van der Waals surface area contributed by atoms with Gasteiger partial charge in [-0.25, -0.2) is 0 Å². The number of hydrogen-bond acceptors (Lipinski definition) is 3. The number of ether oxygens (including phenoxy) is 2. The highest BCUT2D eigenvalue weighted by Crippen LogP contribution is 2.49. The van der Waals surface area contributed by atoms with Gasteiger partial charge in [-0.15, -0.1) is 0 Å². The minimum atomic E-state index is -0.449. The molecular weight excluding hydrogens is 352 g/mol. The van der Waals surface area contributed by atoms with Crippen LogP contribution in [0.2, 0.25) is 0 Å². The first-order valence-electron chi connectivity index (χ1n) is 7.02. The summed E-state index contributed by atoms with van der Waals surface area (Å²) in [5.41, 5.74) is 0.638. The third-order valence-electron chi connectivity index (χ3n) is 4.09. The van der Waals surface area contributed by atoms with E-state index in [0.29, 0.717) is 0 Å². The van der Waals surface area contributed by atoms with Crippen molar-refractivity contribution in [3.63, 3.8) is 0 Å². The zero-order valence-corrected chi connectivity index (χ0v) is 15.0. The van der Waals surface area contributed by atoms with E-state index < -0.39 is 5.72 Å². The summed E-state index contributed by atoms with van der Waals surface area (Å²) in [7, 11) is 1.66. The Morgan fingerprint density at radius 2 is 2.24 bits per heavy atom. The molecule has 1 N–H and O–H groups in total. The number of halogens is 1. The molecular formula is C15H19BrN2O2S. The highest BCUT2D eigenvalue weighted by Gasteiger charge is 2.49. The van der Waals surface area contributed by atoms with E-state index in [1.807, 2.05) is 6.07 Å². The fourth-order valence-electron chi connectivity index (χ4n) is 3.35. The van der Waals surface area contributed by atoms with Gasteiger partial charge in [-0.05, 0) is 45.1 Å². The van der Waals surface area contributed by atoms with Crippen molar-refractivity contribution in [2.45, 2.75) is 45.0 Å². The predicted molar refractivity (Wildman–Crippen MR) is 89.8 cm³/mol. The molecule has 0 aromatic heterocycles. The molecule has 1 fully saturated rings. The zero-order chi connectivity index (χ0) is 15.4. The summed E-state index contributed by atoms with van der Waals surface area (Å²) in [6, 6.07) is 4.41. The first-order valence-corrected chi connectivity index (χ1v) is 8.22. The maximum absolute atomic E-state index is 6.36. The highest BCUT2D eigenvalue weighted by molar-refractivity contribution is 9.10. The summed E-state index contributed by atoms with van der Waals surface area (Å²) in [6.45, 7) is 6.34. The van der Waals surface area contributed by atoms with Gasteiger partial charge in [0.25, 0.3) is 0 Å². The largest absolute Gasteiger partial charge is 0.493 e. The molecule has 1 saturated heterocycles. The van der Waals surface area contributed by atoms with E-state index in [4.69, 9.17) is 21.7 Å². The van der Waals surface area contributed by atoms with Gasteiger partial charge in [0.1, 0.15) is 0 Å². The number of nitrogens with one attached hydrogen (secondary N) is 1. The zero-order valence-electron chi connectivity index (χ0n) is 12.6. The van der Waals surface area contributed by atoms with Crippen molar-refractivity contribution in [1.29, 1.82) is 0 Å². The van der Waals surface area contributed by atoms with Crippen LogP contribution in [0.3, 0.4) is 0 Å². The van der Waals surface area contributed by atoms with Crippen molar-refractivity contribution in [2.75, 3.05) is 7.11 Å². The molecule has 114 valence electrons. The molecule has 0 radical (unpaired) electrons. The molecule has 0 amide bonds. The van der Waals surface area contributed by atoms with E-state index >= 15 is 0 Å². The van der Waals surface area contributed by atoms with Gasteiger partial charge in [-0.1, -0.05) is 15.9 Å². The molecule has 2 heterocycles. The molecule has 0 spiro atoms. The maximum Gasteiger partial charge on any atom is 0.184 e. The molecule has 21 heavy (non-hydrogen) atoms. The summed E-state index contributed by atoms with van der Waals surface area (Å²) in [4.78, 5) is 2.13. The van der Waals surface area contributed by atoms with E-state index in [0.717, 1.165) is 33.1 Å². The molecule has 4 nitrogen and oxygen atoms in total. The van der Waals surface area contributed by atoms with Crippen LogP contribution in [0, 0.1) is 0 Å². The average Bonchev–Trinajstić information content (AvgIpc) is 2.37. The van der Waals surface area contributed by atoms with E-state index in [9.17, 15) is 0 Å². The summed E-state index contributed by atoms with van der Waals surface area (Å²) < 4.78 is 12.8. The molecule has 3 rings (SSSR count). The average molecular weight is 371 g/mol. The van der Waals surface area contributed by atoms with Crippen LogP contribution >= 0.6 is 28.1 Å². The van der Waals surface area contributed by atoms with Crippen LogP contribution in [0.5, 0.6) is 11.5 Å². The van der Waals surface area contributed by atoms with Crippen molar-refractivity contribution >= 4 is 33.3 Å². The van der Waals surface area contributed by atoms with Crippen molar-refractivity contribution < 1.29 is 9.47 Å². The van der Waals surface area contributed by atoms with Gasteiger partial charge in [0.05, 0.1) is 13.2 Å². The Labute approximate surface area is 138 Å². The van der Waals surface area contributed by atoms with Crippen LogP contribution in [0.25, 0.3) is 0 Å². The number of benzene rings is 1. The Balaban J connectivity index is 2.13. The molecule has 2 aliphatic heterocycles. The number of hydrogen-bond donors (Lipinski definition) is 1. The Hall–Kier alpha value is -1.01. The van der Waals surface area contributed by atoms with Crippen LogP contribution in [0.4, 0.5) is 0 Å². The van der Waals surface area contributed by atoms with Crippen molar-refractivity contribution in [2.24, 2.45) is 0 Å². The van der Waals surface area contributed by atoms with Crippen LogP contribution in [-0.4, -0.2) is 28.9 Å². The third-order valence-corrected chi connectivity index (χ3v) is 4.86. The normalized spacial score (nSPS) is 27.0. The highest BCUT2D eigenvalue weighted by atomic mass is 79.9. The van der Waals surface area contributed by atoms with Crippen LogP contribution in [-0.2, 0) is 0 Å². The monoisotopic (exact) mass is 370 g/mol. The molecule has 2 atom stereocenters. The first-order chi connectivity index (χ1) is 9.85. The Morgan fingerprint density at radius 3 is 2.86 bits per heavy atom. The Morgan fingerprint density at radius 1 is 1.52 bits per heavy atom. The summed E-state index contributed by atoms with van der Waals surface area (Å²) in [5.74, 6) is 1.55. The number of thiocarbonyl (C=S) groups is 1. The minimum absolute atomic E-state index is 0.146. The second-order valence-corrected chi connectivity index (χ2v) is 7.28. The van der Waals surface area contributed by atoms with Gasteiger partial charge in [0, 0.05) is 22.5 Å². The number of rotatable bonds is 2. The SMILES string of the molecule is COc1cc(Br)cc2c1OC1(C)CC2NC(=S)N1C(C)C. The summed E-state index contributed by atoms with van der Waals surface area (Å²) in [6.07, 6.45) is 0.845. The fraction of sp³-hybridized carbons (Fsp3) is 0.533. The second-order valence-electron chi connectivity index (χ2n) is 5.97. The second kappa shape index (κ2) is 5.02. The summed E-state index contributed by atoms with van der Waals surface area (Å²) in [5, 5.41) is 4.18. The standard InChI is InChI=1S/C15H19BrN2O2S/c1-8(2)18-14(21)17-11-7-15(18,3)20-13-10(11)5-9(16)6-12(13)19-4/h5-6,8,11H,7H2,1-4H3,(H,17,21). The molecule has 6 heteroatoms. The van der Waals surface area contributed by atoms with Gasteiger partial charge in [-0.2, -0.15) is 0 Å². The van der Waals surface area contributed by atoms with Gasteiger partial charge in [-0.3, -0.25) is 0 Å². The lowest BCUT2D eigenvalue weighted by Crippen LogP contribution is -2.66. The fourth-order valence-corrected chi connectivity index (χ4v) is 4.35. The van der Waals surface area contributed by atoms with Crippen LogP contribution in [0.15, 0.2) is 16.6 Å². The number of fused-ring (bicyclic) bond motifs is 4. The van der Waals surface area contributed by atoms with Crippen LogP contribution < -0.4 is 14.8 Å². The van der Waals surface area contributed by atoms with Gasteiger partial charge >= 0.3 is 0 Å². The van der Waals surface area contributed by atoms with Gasteiger partial charge in [0.2, 0.25) is 0 Å². The number of nitrogens with zero attached hydrogens (tertiary/aromatic N) is 1. The van der Waals surface area contributed by atoms with Crippen LogP contribution in [0.1, 0.15) is 38.8 Å². The van der Waals surface area contributed by atoms with Crippen molar-refractivity contribution in [1.82, 2.24) is 10.2 Å². The molecule has 1 aromatic carbocycles. The topological polar surface area (TPSA) is 33.7 Å². The van der Waals surface area contributed by atoms with E-state index in [-0.39, 0.29) is 12.1 Å². The smallest absolute Gasteiger partial charge is 0.184 e. The molecule has 0 saturated carbocycles. The summed E-state index contributed by atoms with van der Waals surface area (Å²) >= 11 is 9.07. The van der Waals surface area contributed by atoms with E-state index in [2.05, 4.69) is 53.0 Å². The Kier molecular flexibility index (Phi) is 3.56. The van der Waals surface area contributed by atoms with E-state index in [1.165, 1.54) is 0 Å². The van der Waals surface area contributed by atoms with Gasteiger partial charge in [0.15, 0.2) is 22.3 Å². The van der Waals surface area contributed by atoms with Crippen molar-refractivity contribution in [3.05, 3.63) is 22.2 Å². The lowest BCUT2D eigenvalue weighted by molar-refractivity contribution is -0.0821. The van der Waals surface area contributed by atoms with Crippen molar-refractivity contribution in [3.8, 4) is 11.5 Å². The first kappa shape index (κ1) is 14.9. The number of methoxy groups -OCH3 is 1. The lowest BCUT2D eigenvalue weighted by Gasteiger charge is -2.54. The minimum Gasteiger partial charge on any atom is -0.493 e.